The van der Waals surface area contributed by atoms with Crippen LogP contribution in [0.25, 0.3) is 0 Å². The van der Waals surface area contributed by atoms with E-state index in [1.165, 1.54) is 0 Å². The Labute approximate surface area is 103 Å². The van der Waals surface area contributed by atoms with Gasteiger partial charge in [0.1, 0.15) is 6.17 Å². The van der Waals surface area contributed by atoms with Crippen LogP contribution in [-0.2, 0) is 4.65 Å². The maximum Gasteiger partial charge on any atom is 0.329 e. The molecule has 1 radical (unpaired) electrons. The molecule has 0 bridgehead atoms. The molecule has 0 aliphatic rings. The van der Waals surface area contributed by atoms with Gasteiger partial charge in [-0.1, -0.05) is 49.1 Å². The van der Waals surface area contributed by atoms with Crippen molar-refractivity contribution in [3.05, 3.63) is 30.3 Å². The van der Waals surface area contributed by atoms with E-state index in [-0.39, 0.29) is 11.0 Å². The van der Waals surface area contributed by atoms with Gasteiger partial charge < -0.3 is 15.6 Å². The van der Waals surface area contributed by atoms with Gasteiger partial charge in [-0.15, -0.1) is 0 Å². The minimum absolute atomic E-state index is 0. The Morgan fingerprint density at radius 1 is 1.18 bits per heavy atom. The molecular formula is C12H21BFO3. The molecule has 1 unspecified atom stereocenters. The molecule has 1 aromatic rings. The first-order chi connectivity index (χ1) is 7.33. The quantitative estimate of drug-likeness (QED) is 0.516. The SMILES string of the molecule is CCCC(F)CCO[B]c1ccccc1.O.O. The maximum absolute atomic E-state index is 13.0. The maximum atomic E-state index is 13.0. The van der Waals surface area contributed by atoms with Crippen molar-refractivity contribution in [2.75, 3.05) is 6.61 Å². The van der Waals surface area contributed by atoms with Gasteiger partial charge in [0, 0.05) is 13.0 Å². The van der Waals surface area contributed by atoms with E-state index >= 15 is 0 Å². The molecule has 1 aromatic carbocycles. The normalized spacial score (nSPS) is 10.9. The summed E-state index contributed by atoms with van der Waals surface area (Å²) in [5.41, 5.74) is 1.02. The van der Waals surface area contributed by atoms with Crippen molar-refractivity contribution < 1.29 is 20.0 Å². The molecular weight excluding hydrogens is 222 g/mol. The Balaban J connectivity index is 0. The topological polar surface area (TPSA) is 72.2 Å². The van der Waals surface area contributed by atoms with E-state index < -0.39 is 6.17 Å². The van der Waals surface area contributed by atoms with Crippen molar-refractivity contribution in [3.63, 3.8) is 0 Å². The molecule has 1 rings (SSSR count). The molecule has 0 aliphatic heterocycles. The summed E-state index contributed by atoms with van der Waals surface area (Å²) in [5.74, 6) is 0. The van der Waals surface area contributed by atoms with E-state index in [1.54, 1.807) is 7.48 Å². The van der Waals surface area contributed by atoms with Gasteiger partial charge >= 0.3 is 7.48 Å². The van der Waals surface area contributed by atoms with Gasteiger partial charge in [-0.3, -0.25) is 0 Å². The number of halogens is 1. The monoisotopic (exact) mass is 243 g/mol. The first-order valence-corrected chi connectivity index (χ1v) is 5.47. The highest BCUT2D eigenvalue weighted by Crippen LogP contribution is 2.05. The Morgan fingerprint density at radius 3 is 2.41 bits per heavy atom. The van der Waals surface area contributed by atoms with Gasteiger partial charge in [0.15, 0.2) is 0 Å². The second kappa shape index (κ2) is 11.6. The fourth-order valence-electron chi connectivity index (χ4n) is 1.34. The van der Waals surface area contributed by atoms with Crippen LogP contribution in [0.3, 0.4) is 0 Å². The smallest absolute Gasteiger partial charge is 0.329 e. The van der Waals surface area contributed by atoms with Gasteiger partial charge in [0.2, 0.25) is 0 Å². The van der Waals surface area contributed by atoms with Crippen molar-refractivity contribution in [2.45, 2.75) is 32.4 Å². The van der Waals surface area contributed by atoms with Crippen LogP contribution >= 0.6 is 0 Å². The van der Waals surface area contributed by atoms with Crippen LogP contribution in [0, 0.1) is 0 Å². The van der Waals surface area contributed by atoms with Crippen molar-refractivity contribution in [2.24, 2.45) is 0 Å². The van der Waals surface area contributed by atoms with Crippen LogP contribution in [0.5, 0.6) is 0 Å². The fraction of sp³-hybridized carbons (Fsp3) is 0.500. The van der Waals surface area contributed by atoms with E-state index in [2.05, 4.69) is 0 Å². The number of rotatable bonds is 7. The number of alkyl halides is 1. The predicted octanol–water partition coefficient (Wildman–Crippen LogP) is 0.827. The highest BCUT2D eigenvalue weighted by Gasteiger charge is 2.04. The summed E-state index contributed by atoms with van der Waals surface area (Å²) in [6, 6.07) is 9.77. The van der Waals surface area contributed by atoms with E-state index in [1.807, 2.05) is 37.3 Å². The van der Waals surface area contributed by atoms with Crippen molar-refractivity contribution in [3.8, 4) is 0 Å². The lowest BCUT2D eigenvalue weighted by Crippen LogP contribution is -2.18. The molecule has 0 aliphatic carbocycles. The minimum Gasteiger partial charge on any atom is -0.434 e. The van der Waals surface area contributed by atoms with Crippen LogP contribution in [-0.4, -0.2) is 31.2 Å². The summed E-state index contributed by atoms with van der Waals surface area (Å²) in [5, 5.41) is 0. The summed E-state index contributed by atoms with van der Waals surface area (Å²) in [7, 11) is 1.68. The van der Waals surface area contributed by atoms with Gasteiger partial charge in [0.25, 0.3) is 0 Å². The molecule has 0 fully saturated rings. The number of benzene rings is 1. The van der Waals surface area contributed by atoms with Gasteiger partial charge in [0.05, 0.1) is 0 Å². The van der Waals surface area contributed by atoms with Gasteiger partial charge in [-0.2, -0.15) is 0 Å². The van der Waals surface area contributed by atoms with Crippen molar-refractivity contribution >= 4 is 12.9 Å². The van der Waals surface area contributed by atoms with Crippen LogP contribution in [0.1, 0.15) is 26.2 Å². The van der Waals surface area contributed by atoms with E-state index in [0.29, 0.717) is 19.4 Å². The summed E-state index contributed by atoms with van der Waals surface area (Å²) in [6.45, 7) is 2.44. The standard InChI is InChI=1S/C12H17BFO.2H2O/c1-2-6-12(14)9-10-15-13-11-7-4-3-5-8-11;;/h3-5,7-8,12H,2,6,9-10H2,1H3;2*1H2. The van der Waals surface area contributed by atoms with E-state index in [0.717, 1.165) is 11.9 Å². The molecule has 0 amide bonds. The van der Waals surface area contributed by atoms with Crippen LogP contribution in [0.15, 0.2) is 30.3 Å². The molecule has 0 aromatic heterocycles. The molecule has 17 heavy (non-hydrogen) atoms. The number of hydrogen-bond donors (Lipinski definition) is 0. The van der Waals surface area contributed by atoms with E-state index in [9.17, 15) is 4.39 Å². The zero-order valence-corrected chi connectivity index (χ0v) is 10.2. The second-order valence-electron chi connectivity index (χ2n) is 3.57. The van der Waals surface area contributed by atoms with E-state index in [4.69, 9.17) is 4.65 Å². The zero-order valence-electron chi connectivity index (χ0n) is 10.2. The Kier molecular flexibility index (Phi) is 12.6. The molecule has 5 heteroatoms. The Hall–Kier alpha value is -0.905. The van der Waals surface area contributed by atoms with Gasteiger partial charge in [-0.25, -0.2) is 4.39 Å². The van der Waals surface area contributed by atoms with Crippen molar-refractivity contribution in [1.29, 1.82) is 0 Å². The molecule has 0 saturated carbocycles. The summed E-state index contributed by atoms with van der Waals surface area (Å²) >= 11 is 0. The lowest BCUT2D eigenvalue weighted by Gasteiger charge is -2.06. The molecule has 0 heterocycles. The molecule has 97 valence electrons. The van der Waals surface area contributed by atoms with Crippen LogP contribution in [0.2, 0.25) is 0 Å². The fourth-order valence-corrected chi connectivity index (χ4v) is 1.34. The highest BCUT2D eigenvalue weighted by molar-refractivity contribution is 6.46. The zero-order chi connectivity index (χ0) is 10.9. The molecule has 0 spiro atoms. The third kappa shape index (κ3) is 8.86. The molecule has 0 saturated heterocycles. The van der Waals surface area contributed by atoms with Crippen molar-refractivity contribution in [1.82, 2.24) is 0 Å². The molecule has 1 atom stereocenters. The summed E-state index contributed by atoms with van der Waals surface area (Å²) in [4.78, 5) is 0. The summed E-state index contributed by atoms with van der Waals surface area (Å²) in [6.07, 6.45) is 1.29. The largest absolute Gasteiger partial charge is 0.434 e. The van der Waals surface area contributed by atoms with Crippen LogP contribution < -0.4 is 5.46 Å². The minimum atomic E-state index is -0.723. The first kappa shape index (κ1) is 18.5. The van der Waals surface area contributed by atoms with Gasteiger partial charge in [-0.05, 0) is 6.42 Å². The third-order valence-electron chi connectivity index (χ3n) is 2.17. The average molecular weight is 243 g/mol. The predicted molar refractivity (Wildman–Crippen MR) is 69.4 cm³/mol. The summed E-state index contributed by atoms with van der Waals surface area (Å²) < 4.78 is 18.3. The lowest BCUT2D eigenvalue weighted by atomic mass is 9.88. The number of hydrogen-bond acceptors (Lipinski definition) is 1. The second-order valence-corrected chi connectivity index (χ2v) is 3.57. The average Bonchev–Trinajstić information content (AvgIpc) is 2.26. The Morgan fingerprint density at radius 2 is 1.82 bits per heavy atom. The first-order valence-electron chi connectivity index (χ1n) is 5.47. The molecule has 4 N–H and O–H groups in total. The molecule has 3 nitrogen and oxygen atoms in total. The third-order valence-corrected chi connectivity index (χ3v) is 2.17. The highest BCUT2D eigenvalue weighted by atomic mass is 19.1. The lowest BCUT2D eigenvalue weighted by molar-refractivity contribution is 0.232. The van der Waals surface area contributed by atoms with Crippen LogP contribution in [0.4, 0.5) is 4.39 Å². The Bertz CT molecular complexity index is 259.